The lowest BCUT2D eigenvalue weighted by Crippen LogP contribution is -2.00. The molecule has 1 aromatic rings. The van der Waals surface area contributed by atoms with E-state index in [-0.39, 0.29) is 12.1 Å². The highest BCUT2D eigenvalue weighted by atomic mass is 16.6. The largest absolute Gasteiger partial charge is 0.502 e. The van der Waals surface area contributed by atoms with Gasteiger partial charge in [-0.2, -0.15) is 0 Å². The van der Waals surface area contributed by atoms with E-state index in [1.165, 1.54) is 25.3 Å². The molecule has 1 atom stereocenters. The van der Waals surface area contributed by atoms with Gasteiger partial charge in [-0.25, -0.2) is 0 Å². The Labute approximate surface area is 93.1 Å². The molecule has 1 N–H and O–H groups in total. The van der Waals surface area contributed by atoms with Crippen LogP contribution >= 0.6 is 0 Å². The van der Waals surface area contributed by atoms with Crippen molar-refractivity contribution in [3.05, 3.63) is 52.3 Å². The molecule has 0 bridgehead atoms. The van der Waals surface area contributed by atoms with Gasteiger partial charge < -0.3 is 9.84 Å². The van der Waals surface area contributed by atoms with Crippen molar-refractivity contribution in [3.8, 4) is 0 Å². The maximum atomic E-state index is 10.5. The molecule has 0 aliphatic rings. The number of hydrogen-bond donors (Lipinski definition) is 1. The molecule has 0 radical (unpaired) electrons. The number of rotatable bonds is 5. The van der Waals surface area contributed by atoms with Gasteiger partial charge in [0.25, 0.3) is 5.69 Å². The number of aliphatic hydroxyl groups excluding tert-OH is 1. The zero-order valence-corrected chi connectivity index (χ0v) is 8.92. The Balaban J connectivity index is 2.83. The first-order valence-electron chi connectivity index (χ1n) is 4.68. The number of nitro benzene ring substituents is 1. The summed E-state index contributed by atoms with van der Waals surface area (Å²) in [4.78, 5) is 10.0. The molecule has 0 fully saturated rings. The molecule has 5 heteroatoms. The number of nitro groups is 1. The zero-order chi connectivity index (χ0) is 12.1. The van der Waals surface area contributed by atoms with E-state index in [1.807, 2.05) is 0 Å². The molecule has 0 aliphatic carbocycles. The highest BCUT2D eigenvalue weighted by molar-refractivity contribution is 5.35. The van der Waals surface area contributed by atoms with E-state index >= 15 is 0 Å². The topological polar surface area (TPSA) is 72.6 Å². The Kier molecular flexibility index (Phi) is 4.02. The Hall–Kier alpha value is -1.88. The predicted molar refractivity (Wildman–Crippen MR) is 58.8 cm³/mol. The van der Waals surface area contributed by atoms with Gasteiger partial charge in [0.1, 0.15) is 0 Å². The molecule has 0 aromatic heterocycles. The monoisotopic (exact) mass is 223 g/mol. The van der Waals surface area contributed by atoms with Crippen molar-refractivity contribution in [2.75, 3.05) is 7.11 Å². The normalized spacial score (nSPS) is 11.9. The van der Waals surface area contributed by atoms with Gasteiger partial charge in [0, 0.05) is 18.6 Å². The average Bonchev–Trinajstić information content (AvgIpc) is 2.28. The van der Waals surface area contributed by atoms with Crippen molar-refractivity contribution in [2.45, 2.75) is 12.5 Å². The van der Waals surface area contributed by atoms with Gasteiger partial charge in [-0.05, 0) is 5.56 Å². The first-order chi connectivity index (χ1) is 7.54. The Morgan fingerprint density at radius 1 is 1.69 bits per heavy atom. The van der Waals surface area contributed by atoms with Crippen molar-refractivity contribution >= 4 is 5.69 Å². The molecule has 1 aromatic carbocycles. The van der Waals surface area contributed by atoms with Gasteiger partial charge in [-0.15, -0.1) is 0 Å². The van der Waals surface area contributed by atoms with Crippen LogP contribution in [0.5, 0.6) is 0 Å². The highest BCUT2D eigenvalue weighted by Gasteiger charge is 2.13. The number of methoxy groups -OCH3 is 1. The van der Waals surface area contributed by atoms with Gasteiger partial charge in [0.2, 0.25) is 0 Å². The lowest BCUT2D eigenvalue weighted by molar-refractivity contribution is -0.385. The number of aliphatic hydroxyl groups is 1. The second-order valence-electron chi connectivity index (χ2n) is 3.31. The van der Waals surface area contributed by atoms with E-state index in [2.05, 4.69) is 6.58 Å². The quantitative estimate of drug-likeness (QED) is 0.471. The number of benzene rings is 1. The SMILES string of the molecule is C=C(C[C@H](O)c1cccc([N+](=O)[O-])c1)OC. The summed E-state index contributed by atoms with van der Waals surface area (Å²) in [5.74, 6) is 0.430. The number of non-ortho nitro benzene ring substituents is 1. The van der Waals surface area contributed by atoms with Crippen LogP contribution in [0.3, 0.4) is 0 Å². The maximum Gasteiger partial charge on any atom is 0.269 e. The molecule has 0 unspecified atom stereocenters. The minimum absolute atomic E-state index is 0.0421. The van der Waals surface area contributed by atoms with Crippen LogP contribution in [0.15, 0.2) is 36.6 Å². The molecule has 5 nitrogen and oxygen atoms in total. The molecule has 0 aliphatic heterocycles. The van der Waals surface area contributed by atoms with Crippen molar-refractivity contribution in [2.24, 2.45) is 0 Å². The summed E-state index contributed by atoms with van der Waals surface area (Å²) < 4.78 is 4.83. The van der Waals surface area contributed by atoms with E-state index < -0.39 is 11.0 Å². The summed E-state index contributed by atoms with van der Waals surface area (Å²) in [5, 5.41) is 20.3. The second-order valence-corrected chi connectivity index (χ2v) is 3.31. The molecule has 1 rings (SSSR count). The Bertz CT molecular complexity index is 403. The average molecular weight is 223 g/mol. The summed E-state index contributed by atoms with van der Waals surface area (Å²) in [6.45, 7) is 3.58. The van der Waals surface area contributed by atoms with Gasteiger partial charge in [-0.3, -0.25) is 10.1 Å². The fourth-order valence-electron chi connectivity index (χ4n) is 1.26. The van der Waals surface area contributed by atoms with E-state index in [4.69, 9.17) is 4.74 Å². The fourth-order valence-corrected chi connectivity index (χ4v) is 1.26. The molecule has 0 saturated carbocycles. The second kappa shape index (κ2) is 5.27. The predicted octanol–water partition coefficient (Wildman–Crippen LogP) is 2.18. The van der Waals surface area contributed by atoms with Crippen LogP contribution in [-0.2, 0) is 4.74 Å². The van der Waals surface area contributed by atoms with E-state index in [1.54, 1.807) is 6.07 Å². The first-order valence-corrected chi connectivity index (χ1v) is 4.68. The molecular weight excluding hydrogens is 210 g/mol. The third-order valence-electron chi connectivity index (χ3n) is 2.18. The summed E-state index contributed by atoms with van der Waals surface area (Å²) in [6.07, 6.45) is -0.621. The standard InChI is InChI=1S/C11H13NO4/c1-8(16-2)6-11(13)9-4-3-5-10(7-9)12(14)15/h3-5,7,11,13H,1,6H2,2H3/t11-/m0/s1. The van der Waals surface area contributed by atoms with Crippen molar-refractivity contribution in [1.29, 1.82) is 0 Å². The summed E-state index contributed by atoms with van der Waals surface area (Å²) >= 11 is 0. The molecule has 0 amide bonds. The highest BCUT2D eigenvalue weighted by Crippen LogP contribution is 2.23. The van der Waals surface area contributed by atoms with Crippen LogP contribution < -0.4 is 0 Å². The Morgan fingerprint density at radius 2 is 2.38 bits per heavy atom. The van der Waals surface area contributed by atoms with Gasteiger partial charge in [0.05, 0.1) is 23.9 Å². The van der Waals surface area contributed by atoms with Crippen LogP contribution in [0.2, 0.25) is 0 Å². The zero-order valence-electron chi connectivity index (χ0n) is 8.92. The minimum atomic E-state index is -0.840. The Morgan fingerprint density at radius 3 is 2.94 bits per heavy atom. The van der Waals surface area contributed by atoms with Crippen molar-refractivity contribution in [1.82, 2.24) is 0 Å². The third-order valence-corrected chi connectivity index (χ3v) is 2.18. The van der Waals surface area contributed by atoms with Crippen LogP contribution in [0.1, 0.15) is 18.1 Å². The molecule has 0 heterocycles. The third kappa shape index (κ3) is 3.06. The van der Waals surface area contributed by atoms with Gasteiger partial charge in [0.15, 0.2) is 0 Å². The molecule has 16 heavy (non-hydrogen) atoms. The van der Waals surface area contributed by atoms with Crippen LogP contribution in [0.4, 0.5) is 5.69 Å². The molecule has 0 saturated heterocycles. The summed E-state index contributed by atoms with van der Waals surface area (Å²) in [5.41, 5.74) is 0.437. The van der Waals surface area contributed by atoms with Crippen molar-refractivity contribution in [3.63, 3.8) is 0 Å². The van der Waals surface area contributed by atoms with Crippen molar-refractivity contribution < 1.29 is 14.8 Å². The lowest BCUT2D eigenvalue weighted by Gasteiger charge is -2.11. The molecular formula is C11H13NO4. The number of nitrogens with zero attached hydrogens (tertiary/aromatic N) is 1. The van der Waals surface area contributed by atoms with Crippen LogP contribution in [0.25, 0.3) is 0 Å². The number of ether oxygens (including phenoxy) is 1. The van der Waals surface area contributed by atoms with Gasteiger partial charge in [-0.1, -0.05) is 18.7 Å². The van der Waals surface area contributed by atoms with Gasteiger partial charge >= 0.3 is 0 Å². The smallest absolute Gasteiger partial charge is 0.269 e. The first kappa shape index (κ1) is 12.2. The lowest BCUT2D eigenvalue weighted by atomic mass is 10.1. The van der Waals surface area contributed by atoms with E-state index in [9.17, 15) is 15.2 Å². The fraction of sp³-hybridized carbons (Fsp3) is 0.273. The molecule has 86 valence electrons. The minimum Gasteiger partial charge on any atom is -0.502 e. The maximum absolute atomic E-state index is 10.5. The van der Waals surface area contributed by atoms with E-state index in [0.29, 0.717) is 11.3 Å². The number of hydrogen-bond acceptors (Lipinski definition) is 4. The van der Waals surface area contributed by atoms with Crippen LogP contribution in [-0.4, -0.2) is 17.1 Å². The van der Waals surface area contributed by atoms with E-state index in [0.717, 1.165) is 0 Å². The summed E-state index contributed by atoms with van der Waals surface area (Å²) in [7, 11) is 1.46. The van der Waals surface area contributed by atoms with Crippen LogP contribution in [0, 0.1) is 10.1 Å². The summed E-state index contributed by atoms with van der Waals surface area (Å²) in [6, 6.07) is 5.88. The molecule has 0 spiro atoms.